The second kappa shape index (κ2) is 15.2. The zero-order valence-corrected chi connectivity index (χ0v) is 31.0. The quantitative estimate of drug-likeness (QED) is 0.103. The van der Waals surface area contributed by atoms with Crippen LogP contribution in [0, 0.1) is 19.8 Å². The van der Waals surface area contributed by atoms with Crippen molar-refractivity contribution in [2.45, 2.75) is 78.6 Å². The molecule has 0 bridgehead atoms. The van der Waals surface area contributed by atoms with Crippen molar-refractivity contribution in [3.8, 4) is 28.1 Å². The molecule has 8 heteroatoms. The summed E-state index contributed by atoms with van der Waals surface area (Å²) in [7, 11) is 1.41. The van der Waals surface area contributed by atoms with Crippen LogP contribution in [0.25, 0.3) is 27.9 Å². The monoisotopic (exact) mass is 679 g/mol. The van der Waals surface area contributed by atoms with Gasteiger partial charge in [0.05, 0.1) is 48.4 Å². The lowest BCUT2D eigenvalue weighted by Gasteiger charge is -2.41. The van der Waals surface area contributed by atoms with Crippen molar-refractivity contribution in [2.24, 2.45) is 5.92 Å². The summed E-state index contributed by atoms with van der Waals surface area (Å²) in [5, 5.41) is 5.11. The summed E-state index contributed by atoms with van der Waals surface area (Å²) < 4.78 is 26.2. The van der Waals surface area contributed by atoms with Gasteiger partial charge in [0.15, 0.2) is 6.10 Å². The number of nitrogens with zero attached hydrogens (tertiary/aromatic N) is 3. The molecule has 8 nitrogen and oxygen atoms in total. The van der Waals surface area contributed by atoms with E-state index in [1.165, 1.54) is 7.11 Å². The number of hydrogen-bond donors (Lipinski definition) is 0. The van der Waals surface area contributed by atoms with E-state index < -0.39 is 17.7 Å². The molecule has 2 unspecified atom stereocenters. The van der Waals surface area contributed by atoms with Crippen molar-refractivity contribution in [2.75, 3.05) is 38.3 Å². The number of aryl methyl sites for hydroxylation is 2. The number of methoxy groups -OCH3 is 1. The third-order valence-corrected chi connectivity index (χ3v) is 9.32. The minimum atomic E-state index is -0.921. The predicted octanol–water partition coefficient (Wildman–Crippen LogP) is 9.08. The number of piperidine rings is 1. The highest BCUT2D eigenvalue weighted by Gasteiger charge is 2.37. The van der Waals surface area contributed by atoms with Crippen LogP contribution in [0.1, 0.15) is 70.3 Å². The molecule has 0 aliphatic carbocycles. The summed E-state index contributed by atoms with van der Waals surface area (Å²) in [6.07, 6.45) is 6.40. The molecular formula is C42H53N3O5. The summed E-state index contributed by atoms with van der Waals surface area (Å²) in [5.41, 5.74) is 7.67. The molecule has 0 saturated carbocycles. The lowest BCUT2D eigenvalue weighted by Crippen LogP contribution is -2.45. The molecule has 2 aromatic heterocycles. The summed E-state index contributed by atoms with van der Waals surface area (Å²) in [6.45, 7) is 24.5. The highest BCUT2D eigenvalue weighted by molar-refractivity contribution is 5.88. The minimum Gasteiger partial charge on any atom is -0.492 e. The second-order valence-corrected chi connectivity index (χ2v) is 14.7. The van der Waals surface area contributed by atoms with E-state index in [4.69, 9.17) is 24.0 Å². The van der Waals surface area contributed by atoms with Crippen molar-refractivity contribution in [1.29, 1.82) is 0 Å². The first-order valence-corrected chi connectivity index (χ1v) is 17.5. The molecule has 3 heterocycles. The van der Waals surface area contributed by atoms with Gasteiger partial charge in [-0.3, -0.25) is 0 Å². The van der Waals surface area contributed by atoms with Crippen LogP contribution < -0.4 is 9.64 Å². The first-order chi connectivity index (χ1) is 23.8. The molecule has 1 aliphatic rings. The Balaban J connectivity index is 1.63. The van der Waals surface area contributed by atoms with E-state index in [-0.39, 0.29) is 11.5 Å². The van der Waals surface area contributed by atoms with Crippen LogP contribution in [0.2, 0.25) is 0 Å². The zero-order chi connectivity index (χ0) is 36.2. The van der Waals surface area contributed by atoms with Gasteiger partial charge in [0.25, 0.3) is 0 Å². The first kappa shape index (κ1) is 36.9. The standard InChI is InChI=1S/C42H53N3O5/c1-11-22-49-42(9)18-20-44(21-19-42)38-35-25-34(43-45(35)26-30(5)37(38)39(40(46)47-10)50-41(6,7)8)32-15-13-14-31(24-32)33-23-29(4)16-17-36(33)48-27-28(3)12-2/h11-17,23-26,28,39H,1-2,18-22,27H2,3-10H3. The zero-order valence-electron chi connectivity index (χ0n) is 31.0. The van der Waals surface area contributed by atoms with E-state index in [0.717, 1.165) is 82.0 Å². The van der Waals surface area contributed by atoms with Crippen LogP contribution in [-0.4, -0.2) is 60.2 Å². The SMILES string of the molecule is C=CCOC1(C)CCN(c2c(C(OC(C)(C)C)C(=O)OC)c(C)cn3nc(-c4cccc(-c5cc(C)ccc5OCC(C)C=C)c4)cc23)CC1. The van der Waals surface area contributed by atoms with Gasteiger partial charge in [-0.2, -0.15) is 5.10 Å². The summed E-state index contributed by atoms with van der Waals surface area (Å²) in [4.78, 5) is 15.8. The van der Waals surface area contributed by atoms with Gasteiger partial charge in [-0.1, -0.05) is 48.9 Å². The van der Waals surface area contributed by atoms with E-state index in [9.17, 15) is 4.79 Å². The van der Waals surface area contributed by atoms with Gasteiger partial charge in [0, 0.05) is 41.9 Å². The number of benzene rings is 2. The van der Waals surface area contributed by atoms with Gasteiger partial charge in [-0.15, -0.1) is 13.2 Å². The molecule has 0 spiro atoms. The van der Waals surface area contributed by atoms with E-state index in [2.05, 4.69) is 81.3 Å². The Morgan fingerprint density at radius 3 is 2.44 bits per heavy atom. The largest absolute Gasteiger partial charge is 0.492 e. The Hall–Kier alpha value is -4.40. The van der Waals surface area contributed by atoms with E-state index in [0.29, 0.717) is 13.2 Å². The van der Waals surface area contributed by atoms with Gasteiger partial charge >= 0.3 is 5.97 Å². The Kier molecular flexibility index (Phi) is 11.2. The maximum Gasteiger partial charge on any atom is 0.339 e. The maximum atomic E-state index is 13.5. The Morgan fingerprint density at radius 2 is 1.78 bits per heavy atom. The lowest BCUT2D eigenvalue weighted by atomic mass is 9.91. The molecule has 0 amide bonds. The molecule has 1 saturated heterocycles. The number of anilines is 1. The molecule has 50 heavy (non-hydrogen) atoms. The number of pyridine rings is 1. The van der Waals surface area contributed by atoms with Crippen molar-refractivity contribution >= 4 is 17.2 Å². The highest BCUT2D eigenvalue weighted by Crippen LogP contribution is 2.42. The van der Waals surface area contributed by atoms with E-state index in [1.54, 1.807) is 6.08 Å². The number of carbonyl (C=O) groups is 1. The first-order valence-electron chi connectivity index (χ1n) is 17.5. The Bertz CT molecular complexity index is 1840. The number of ether oxygens (including phenoxy) is 4. The number of esters is 1. The van der Waals surface area contributed by atoms with Crippen molar-refractivity contribution in [1.82, 2.24) is 9.61 Å². The highest BCUT2D eigenvalue weighted by atomic mass is 16.6. The van der Waals surface area contributed by atoms with Gasteiger partial charge in [-0.05, 0) is 89.8 Å². The Morgan fingerprint density at radius 1 is 1.06 bits per heavy atom. The van der Waals surface area contributed by atoms with Crippen LogP contribution >= 0.6 is 0 Å². The summed E-state index contributed by atoms with van der Waals surface area (Å²) in [5.74, 6) is 0.633. The number of fused-ring (bicyclic) bond motifs is 1. The molecule has 5 rings (SSSR count). The number of hydrogen-bond acceptors (Lipinski definition) is 7. The van der Waals surface area contributed by atoms with Gasteiger partial charge < -0.3 is 23.8 Å². The fourth-order valence-electron chi connectivity index (χ4n) is 6.48. The van der Waals surface area contributed by atoms with Crippen LogP contribution in [0.4, 0.5) is 5.69 Å². The summed E-state index contributed by atoms with van der Waals surface area (Å²) in [6, 6.07) is 16.8. The number of aromatic nitrogens is 2. The normalized spacial score (nSPS) is 15.8. The van der Waals surface area contributed by atoms with Crippen molar-refractivity contribution < 1.29 is 23.7 Å². The number of carbonyl (C=O) groups excluding carboxylic acids is 1. The third-order valence-electron chi connectivity index (χ3n) is 9.32. The fourth-order valence-corrected chi connectivity index (χ4v) is 6.48. The average molecular weight is 680 g/mol. The molecule has 2 atom stereocenters. The predicted molar refractivity (Wildman–Crippen MR) is 202 cm³/mol. The van der Waals surface area contributed by atoms with Crippen LogP contribution in [0.3, 0.4) is 0 Å². The van der Waals surface area contributed by atoms with Gasteiger partial charge in [-0.25, -0.2) is 9.31 Å². The van der Waals surface area contributed by atoms with Crippen LogP contribution in [0.15, 0.2) is 80.0 Å². The third kappa shape index (κ3) is 8.31. The lowest BCUT2D eigenvalue weighted by molar-refractivity contribution is -0.164. The van der Waals surface area contributed by atoms with Crippen molar-refractivity contribution in [3.05, 3.63) is 96.7 Å². The summed E-state index contributed by atoms with van der Waals surface area (Å²) >= 11 is 0. The maximum absolute atomic E-state index is 13.5. The molecule has 0 radical (unpaired) electrons. The van der Waals surface area contributed by atoms with E-state index >= 15 is 0 Å². The number of rotatable bonds is 13. The van der Waals surface area contributed by atoms with Crippen molar-refractivity contribution in [3.63, 3.8) is 0 Å². The molecule has 4 aromatic rings. The van der Waals surface area contributed by atoms with Crippen LogP contribution in [0.5, 0.6) is 5.75 Å². The van der Waals surface area contributed by atoms with Gasteiger partial charge in [0.2, 0.25) is 0 Å². The smallest absolute Gasteiger partial charge is 0.339 e. The molecule has 1 fully saturated rings. The molecular weight excluding hydrogens is 626 g/mol. The Labute approximate surface area is 297 Å². The fraction of sp³-hybridized carbons (Fsp3) is 0.429. The minimum absolute atomic E-state index is 0.233. The molecule has 2 aromatic carbocycles. The van der Waals surface area contributed by atoms with Gasteiger partial charge in [0.1, 0.15) is 5.75 Å². The van der Waals surface area contributed by atoms with Crippen LogP contribution in [-0.2, 0) is 19.0 Å². The molecule has 0 N–H and O–H groups in total. The molecule has 266 valence electrons. The average Bonchev–Trinajstić information content (AvgIpc) is 3.52. The second-order valence-electron chi connectivity index (χ2n) is 14.7. The van der Waals surface area contributed by atoms with E-state index in [1.807, 2.05) is 50.5 Å². The topological polar surface area (TPSA) is 74.5 Å². The molecule has 1 aliphatic heterocycles.